The van der Waals surface area contributed by atoms with Gasteiger partial charge in [-0.05, 0) is 63.2 Å². The standard InChI is InChI=1S/C18H27N3O/c1-14(19)15-8-11-20(12-9-15)13-18(22)21-10-4-6-16-5-2-3-7-17(16)21/h2-3,5,7,14-15H,4,6,8-13,19H2,1H3. The maximum absolute atomic E-state index is 12.7. The summed E-state index contributed by atoms with van der Waals surface area (Å²) in [5.74, 6) is 0.855. The van der Waals surface area contributed by atoms with E-state index in [0.29, 0.717) is 12.5 Å². The second-order valence-corrected chi connectivity index (χ2v) is 6.75. The van der Waals surface area contributed by atoms with Crippen LogP contribution in [0.3, 0.4) is 0 Å². The van der Waals surface area contributed by atoms with E-state index in [0.717, 1.165) is 51.0 Å². The summed E-state index contributed by atoms with van der Waals surface area (Å²) in [7, 11) is 0. The second kappa shape index (κ2) is 6.80. The van der Waals surface area contributed by atoms with Crippen LogP contribution in [0, 0.1) is 5.92 Å². The molecule has 2 aliphatic heterocycles. The van der Waals surface area contributed by atoms with Gasteiger partial charge in [-0.15, -0.1) is 0 Å². The number of anilines is 1. The van der Waals surface area contributed by atoms with Crippen molar-refractivity contribution in [2.75, 3.05) is 31.1 Å². The Hall–Kier alpha value is -1.39. The minimum Gasteiger partial charge on any atom is -0.328 e. The Morgan fingerprint density at radius 1 is 1.27 bits per heavy atom. The third-order valence-corrected chi connectivity index (χ3v) is 5.15. The molecule has 0 saturated carbocycles. The summed E-state index contributed by atoms with van der Waals surface area (Å²) in [6.45, 7) is 5.48. The molecule has 0 spiro atoms. The fourth-order valence-corrected chi connectivity index (χ4v) is 3.71. The van der Waals surface area contributed by atoms with Gasteiger partial charge in [0.1, 0.15) is 0 Å². The van der Waals surface area contributed by atoms with Gasteiger partial charge in [0.05, 0.1) is 6.54 Å². The number of para-hydroxylation sites is 1. The number of fused-ring (bicyclic) bond motifs is 1. The minimum atomic E-state index is 0.242. The molecule has 4 heteroatoms. The molecule has 1 atom stereocenters. The molecule has 22 heavy (non-hydrogen) atoms. The first-order valence-corrected chi connectivity index (χ1v) is 8.51. The average molecular weight is 301 g/mol. The summed E-state index contributed by atoms with van der Waals surface area (Å²) in [4.78, 5) is 17.0. The quantitative estimate of drug-likeness (QED) is 0.929. The number of benzene rings is 1. The minimum absolute atomic E-state index is 0.242. The Balaban J connectivity index is 1.60. The van der Waals surface area contributed by atoms with E-state index in [-0.39, 0.29) is 11.9 Å². The fraction of sp³-hybridized carbons (Fsp3) is 0.611. The molecule has 1 aromatic rings. The number of hydrogen-bond donors (Lipinski definition) is 1. The smallest absolute Gasteiger partial charge is 0.241 e. The van der Waals surface area contributed by atoms with Crippen LogP contribution in [0.25, 0.3) is 0 Å². The van der Waals surface area contributed by atoms with Crippen LogP contribution in [0.2, 0.25) is 0 Å². The van der Waals surface area contributed by atoms with Crippen molar-refractivity contribution in [2.45, 2.75) is 38.6 Å². The molecular formula is C18H27N3O. The Labute approximate surface area is 133 Å². The molecule has 0 radical (unpaired) electrons. The van der Waals surface area contributed by atoms with Gasteiger partial charge in [0, 0.05) is 18.3 Å². The van der Waals surface area contributed by atoms with Crippen molar-refractivity contribution in [1.29, 1.82) is 0 Å². The lowest BCUT2D eigenvalue weighted by Gasteiger charge is -2.35. The molecule has 1 fully saturated rings. The van der Waals surface area contributed by atoms with E-state index in [2.05, 4.69) is 30.0 Å². The van der Waals surface area contributed by atoms with Crippen molar-refractivity contribution >= 4 is 11.6 Å². The molecule has 0 bridgehead atoms. The van der Waals surface area contributed by atoms with Crippen LogP contribution < -0.4 is 10.6 Å². The highest BCUT2D eigenvalue weighted by molar-refractivity contribution is 5.95. The van der Waals surface area contributed by atoms with Crippen molar-refractivity contribution in [3.8, 4) is 0 Å². The van der Waals surface area contributed by atoms with E-state index < -0.39 is 0 Å². The van der Waals surface area contributed by atoms with Crippen molar-refractivity contribution in [1.82, 2.24) is 4.90 Å². The maximum Gasteiger partial charge on any atom is 0.241 e. The zero-order valence-electron chi connectivity index (χ0n) is 13.5. The molecule has 120 valence electrons. The van der Waals surface area contributed by atoms with Crippen LogP contribution in [-0.2, 0) is 11.2 Å². The molecular weight excluding hydrogens is 274 g/mol. The first-order valence-electron chi connectivity index (χ1n) is 8.51. The molecule has 3 rings (SSSR count). The van der Waals surface area contributed by atoms with Gasteiger partial charge in [-0.3, -0.25) is 9.69 Å². The lowest BCUT2D eigenvalue weighted by atomic mass is 9.91. The van der Waals surface area contributed by atoms with E-state index in [9.17, 15) is 4.79 Å². The third-order valence-electron chi connectivity index (χ3n) is 5.15. The number of carbonyl (C=O) groups is 1. The summed E-state index contributed by atoms with van der Waals surface area (Å²) >= 11 is 0. The van der Waals surface area contributed by atoms with Crippen LogP contribution in [-0.4, -0.2) is 43.0 Å². The molecule has 1 amide bonds. The van der Waals surface area contributed by atoms with E-state index in [1.807, 2.05) is 11.0 Å². The number of nitrogens with zero attached hydrogens (tertiary/aromatic N) is 2. The van der Waals surface area contributed by atoms with E-state index in [1.165, 1.54) is 5.56 Å². The Kier molecular flexibility index (Phi) is 4.79. The van der Waals surface area contributed by atoms with E-state index >= 15 is 0 Å². The molecule has 1 unspecified atom stereocenters. The van der Waals surface area contributed by atoms with E-state index in [1.54, 1.807) is 0 Å². The van der Waals surface area contributed by atoms with Crippen LogP contribution in [0.1, 0.15) is 31.7 Å². The Bertz CT molecular complexity index is 521. The van der Waals surface area contributed by atoms with Gasteiger partial charge in [0.2, 0.25) is 5.91 Å². The third kappa shape index (κ3) is 3.33. The topological polar surface area (TPSA) is 49.6 Å². The van der Waals surface area contributed by atoms with Crippen molar-refractivity contribution < 1.29 is 4.79 Å². The zero-order chi connectivity index (χ0) is 15.5. The SMILES string of the molecule is CC(N)C1CCN(CC(=O)N2CCCc3ccccc32)CC1. The molecule has 1 saturated heterocycles. The molecule has 2 N–H and O–H groups in total. The predicted molar refractivity (Wildman–Crippen MR) is 89.9 cm³/mol. The highest BCUT2D eigenvalue weighted by atomic mass is 16.2. The number of amides is 1. The Morgan fingerprint density at radius 2 is 2.00 bits per heavy atom. The highest BCUT2D eigenvalue weighted by Crippen LogP contribution is 2.27. The van der Waals surface area contributed by atoms with Crippen LogP contribution in [0.4, 0.5) is 5.69 Å². The van der Waals surface area contributed by atoms with Crippen molar-refractivity contribution in [3.05, 3.63) is 29.8 Å². The van der Waals surface area contributed by atoms with Crippen LogP contribution in [0.5, 0.6) is 0 Å². The lowest BCUT2D eigenvalue weighted by molar-refractivity contribution is -0.120. The number of carbonyl (C=O) groups excluding carboxylic acids is 1. The van der Waals surface area contributed by atoms with E-state index in [4.69, 9.17) is 5.73 Å². The summed E-state index contributed by atoms with van der Waals surface area (Å²) in [6, 6.07) is 8.58. The summed E-state index contributed by atoms with van der Waals surface area (Å²) in [6.07, 6.45) is 4.37. The summed E-state index contributed by atoms with van der Waals surface area (Å²) in [5.41, 5.74) is 8.41. The number of rotatable bonds is 3. The van der Waals surface area contributed by atoms with Crippen LogP contribution >= 0.6 is 0 Å². The zero-order valence-corrected chi connectivity index (χ0v) is 13.5. The molecule has 0 aromatic heterocycles. The normalized spacial score (nSPS) is 21.5. The first kappa shape index (κ1) is 15.5. The van der Waals surface area contributed by atoms with Gasteiger partial charge in [0.15, 0.2) is 0 Å². The molecule has 1 aromatic carbocycles. The number of aryl methyl sites for hydroxylation is 1. The largest absolute Gasteiger partial charge is 0.328 e. The maximum atomic E-state index is 12.7. The molecule has 2 heterocycles. The molecule has 4 nitrogen and oxygen atoms in total. The second-order valence-electron chi connectivity index (χ2n) is 6.75. The molecule has 0 aliphatic carbocycles. The monoisotopic (exact) mass is 301 g/mol. The lowest BCUT2D eigenvalue weighted by Crippen LogP contribution is -2.46. The van der Waals surface area contributed by atoms with Crippen LogP contribution in [0.15, 0.2) is 24.3 Å². The molecule has 2 aliphatic rings. The average Bonchev–Trinajstić information content (AvgIpc) is 2.54. The van der Waals surface area contributed by atoms with Crippen molar-refractivity contribution in [2.24, 2.45) is 11.7 Å². The van der Waals surface area contributed by atoms with Gasteiger partial charge in [0.25, 0.3) is 0 Å². The van der Waals surface area contributed by atoms with Gasteiger partial charge in [-0.2, -0.15) is 0 Å². The number of piperidine rings is 1. The number of nitrogens with two attached hydrogens (primary N) is 1. The van der Waals surface area contributed by atoms with Gasteiger partial charge < -0.3 is 10.6 Å². The first-order chi connectivity index (χ1) is 10.6. The number of hydrogen-bond acceptors (Lipinski definition) is 3. The number of likely N-dealkylation sites (tertiary alicyclic amines) is 1. The van der Waals surface area contributed by atoms with Gasteiger partial charge in [-0.25, -0.2) is 0 Å². The van der Waals surface area contributed by atoms with Gasteiger partial charge in [-0.1, -0.05) is 18.2 Å². The summed E-state index contributed by atoms with van der Waals surface area (Å²) < 4.78 is 0. The fourth-order valence-electron chi connectivity index (χ4n) is 3.71. The summed E-state index contributed by atoms with van der Waals surface area (Å²) in [5, 5.41) is 0. The van der Waals surface area contributed by atoms with Crippen molar-refractivity contribution in [3.63, 3.8) is 0 Å². The highest BCUT2D eigenvalue weighted by Gasteiger charge is 2.27. The Morgan fingerprint density at radius 3 is 2.73 bits per heavy atom. The predicted octanol–water partition coefficient (Wildman–Crippen LogP) is 2.03. The van der Waals surface area contributed by atoms with Gasteiger partial charge >= 0.3 is 0 Å².